The first-order chi connectivity index (χ1) is 13.7. The second-order valence-corrected chi connectivity index (χ2v) is 8.16. The van der Waals surface area contributed by atoms with Crippen molar-refractivity contribution < 1.29 is 4.79 Å². The van der Waals surface area contributed by atoms with Gasteiger partial charge in [-0.25, -0.2) is 0 Å². The zero-order chi connectivity index (χ0) is 19.3. The summed E-state index contributed by atoms with van der Waals surface area (Å²) in [6.07, 6.45) is 7.89. The standard InChI is InChI=1S/C22H31N5O/c1-17(22(28)23-19-10-6-3-7-11-19)26-14-15-27-20(24-25-21(27)16-26)13-12-18-8-4-2-5-9-18/h2,4-5,8-9,17,19H,3,6-7,10-16H2,1H3,(H,23,28)/t17-/m1/s1. The van der Waals surface area contributed by atoms with Gasteiger partial charge >= 0.3 is 0 Å². The van der Waals surface area contributed by atoms with Crippen molar-refractivity contribution in [1.29, 1.82) is 0 Å². The van der Waals surface area contributed by atoms with E-state index < -0.39 is 0 Å². The molecule has 1 saturated carbocycles. The molecule has 1 aromatic carbocycles. The third-order valence-electron chi connectivity index (χ3n) is 6.22. The third kappa shape index (κ3) is 4.43. The number of nitrogens with zero attached hydrogens (tertiary/aromatic N) is 4. The molecule has 6 nitrogen and oxygen atoms in total. The Hall–Kier alpha value is -2.21. The molecule has 150 valence electrons. The molecule has 1 amide bonds. The quantitative estimate of drug-likeness (QED) is 0.836. The number of aromatic nitrogens is 3. The minimum absolute atomic E-state index is 0.125. The lowest BCUT2D eigenvalue weighted by atomic mass is 9.95. The van der Waals surface area contributed by atoms with Crippen LogP contribution in [-0.2, 0) is 30.7 Å². The second-order valence-electron chi connectivity index (χ2n) is 8.16. The number of carbonyl (C=O) groups excluding carboxylic acids is 1. The molecule has 0 unspecified atom stereocenters. The number of hydrogen-bond acceptors (Lipinski definition) is 4. The van der Waals surface area contributed by atoms with Gasteiger partial charge in [0.2, 0.25) is 5.91 Å². The van der Waals surface area contributed by atoms with Crippen molar-refractivity contribution in [2.24, 2.45) is 0 Å². The van der Waals surface area contributed by atoms with Crippen molar-refractivity contribution in [3.63, 3.8) is 0 Å². The predicted molar refractivity (Wildman–Crippen MR) is 109 cm³/mol. The van der Waals surface area contributed by atoms with E-state index in [1.165, 1.54) is 24.8 Å². The largest absolute Gasteiger partial charge is 0.352 e. The third-order valence-corrected chi connectivity index (χ3v) is 6.22. The summed E-state index contributed by atoms with van der Waals surface area (Å²) < 4.78 is 2.24. The first-order valence-electron chi connectivity index (χ1n) is 10.7. The van der Waals surface area contributed by atoms with Crippen molar-refractivity contribution in [1.82, 2.24) is 25.0 Å². The minimum atomic E-state index is -0.125. The van der Waals surface area contributed by atoms with Crippen LogP contribution in [0.15, 0.2) is 30.3 Å². The van der Waals surface area contributed by atoms with Gasteiger partial charge in [0.05, 0.1) is 12.6 Å². The van der Waals surface area contributed by atoms with Crippen LogP contribution >= 0.6 is 0 Å². The molecule has 0 bridgehead atoms. The number of amides is 1. The van der Waals surface area contributed by atoms with E-state index in [9.17, 15) is 4.79 Å². The van der Waals surface area contributed by atoms with E-state index in [2.05, 4.69) is 49.2 Å². The molecule has 4 rings (SSSR count). The summed E-state index contributed by atoms with van der Waals surface area (Å²) in [5.41, 5.74) is 1.32. The van der Waals surface area contributed by atoms with Crippen molar-refractivity contribution in [3.8, 4) is 0 Å². The second kappa shape index (κ2) is 8.86. The SMILES string of the molecule is C[C@H](C(=O)NC1CCCCC1)N1CCn2c(CCc3ccccc3)nnc2C1. The fourth-order valence-electron chi connectivity index (χ4n) is 4.39. The van der Waals surface area contributed by atoms with Crippen LogP contribution in [0.2, 0.25) is 0 Å². The van der Waals surface area contributed by atoms with Gasteiger partial charge in [0.15, 0.2) is 0 Å². The number of carbonyl (C=O) groups is 1. The zero-order valence-electron chi connectivity index (χ0n) is 16.8. The topological polar surface area (TPSA) is 63.1 Å². The molecule has 2 aromatic rings. The Labute approximate surface area is 167 Å². The van der Waals surface area contributed by atoms with Gasteiger partial charge in [0.1, 0.15) is 11.6 Å². The molecule has 1 aliphatic carbocycles. The first-order valence-corrected chi connectivity index (χ1v) is 10.7. The van der Waals surface area contributed by atoms with E-state index in [1.807, 2.05) is 13.0 Å². The number of nitrogens with one attached hydrogen (secondary N) is 1. The fourth-order valence-corrected chi connectivity index (χ4v) is 4.39. The molecule has 1 aliphatic heterocycles. The summed E-state index contributed by atoms with van der Waals surface area (Å²) >= 11 is 0. The normalized spacial score (nSPS) is 19.2. The molecule has 2 aliphatic rings. The average Bonchev–Trinajstić information content (AvgIpc) is 3.15. The van der Waals surface area contributed by atoms with Gasteiger partial charge in [0, 0.05) is 25.6 Å². The van der Waals surface area contributed by atoms with Crippen molar-refractivity contribution in [2.45, 2.75) is 77.0 Å². The van der Waals surface area contributed by atoms with E-state index in [4.69, 9.17) is 0 Å². The molecule has 1 atom stereocenters. The van der Waals surface area contributed by atoms with Gasteiger partial charge in [-0.3, -0.25) is 9.69 Å². The molecule has 0 spiro atoms. The fraction of sp³-hybridized carbons (Fsp3) is 0.591. The molecule has 1 N–H and O–H groups in total. The van der Waals surface area contributed by atoms with Crippen LogP contribution in [0.3, 0.4) is 0 Å². The number of aryl methyl sites for hydroxylation is 2. The van der Waals surface area contributed by atoms with E-state index in [-0.39, 0.29) is 11.9 Å². The summed E-state index contributed by atoms with van der Waals surface area (Å²) in [5.74, 6) is 2.19. The monoisotopic (exact) mass is 381 g/mol. The smallest absolute Gasteiger partial charge is 0.237 e. The highest BCUT2D eigenvalue weighted by Gasteiger charge is 2.29. The Morgan fingerprint density at radius 1 is 1.11 bits per heavy atom. The van der Waals surface area contributed by atoms with Gasteiger partial charge in [-0.2, -0.15) is 0 Å². The van der Waals surface area contributed by atoms with Crippen LogP contribution in [0, 0.1) is 0 Å². The molecule has 1 fully saturated rings. The Morgan fingerprint density at radius 2 is 1.89 bits per heavy atom. The summed E-state index contributed by atoms with van der Waals surface area (Å²) in [6, 6.07) is 10.7. The number of rotatable bonds is 6. The minimum Gasteiger partial charge on any atom is -0.352 e. The zero-order valence-corrected chi connectivity index (χ0v) is 16.8. The lowest BCUT2D eigenvalue weighted by Crippen LogP contribution is -2.50. The van der Waals surface area contributed by atoms with Gasteiger partial charge in [-0.05, 0) is 31.7 Å². The van der Waals surface area contributed by atoms with Gasteiger partial charge in [0.25, 0.3) is 0 Å². The van der Waals surface area contributed by atoms with Crippen LogP contribution in [0.25, 0.3) is 0 Å². The van der Waals surface area contributed by atoms with Crippen molar-refractivity contribution in [3.05, 3.63) is 47.5 Å². The molecule has 0 saturated heterocycles. The summed E-state index contributed by atoms with van der Waals surface area (Å²) in [6.45, 7) is 4.42. The Balaban J connectivity index is 1.33. The molecule has 2 heterocycles. The molecule has 0 radical (unpaired) electrons. The van der Waals surface area contributed by atoms with Crippen molar-refractivity contribution >= 4 is 5.91 Å². The molecule has 1 aromatic heterocycles. The molecule has 28 heavy (non-hydrogen) atoms. The van der Waals surface area contributed by atoms with E-state index in [0.717, 1.165) is 50.4 Å². The summed E-state index contributed by atoms with van der Waals surface area (Å²) in [4.78, 5) is 14.9. The Kier molecular flexibility index (Phi) is 6.05. The number of benzene rings is 1. The first kappa shape index (κ1) is 19.1. The van der Waals surface area contributed by atoms with Crippen LogP contribution < -0.4 is 5.32 Å². The Morgan fingerprint density at radius 3 is 2.68 bits per heavy atom. The van der Waals surface area contributed by atoms with Crippen LogP contribution in [-0.4, -0.2) is 44.2 Å². The highest BCUT2D eigenvalue weighted by atomic mass is 16.2. The maximum absolute atomic E-state index is 12.7. The van der Waals surface area contributed by atoms with Crippen LogP contribution in [0.1, 0.15) is 56.2 Å². The molecular weight excluding hydrogens is 350 g/mol. The number of fused-ring (bicyclic) bond motifs is 1. The summed E-state index contributed by atoms with van der Waals surface area (Å²) in [7, 11) is 0. The highest BCUT2D eigenvalue weighted by molar-refractivity contribution is 5.81. The maximum Gasteiger partial charge on any atom is 0.237 e. The van der Waals surface area contributed by atoms with E-state index in [0.29, 0.717) is 12.6 Å². The van der Waals surface area contributed by atoms with Crippen molar-refractivity contribution in [2.75, 3.05) is 6.54 Å². The van der Waals surface area contributed by atoms with E-state index >= 15 is 0 Å². The predicted octanol–water partition coefficient (Wildman–Crippen LogP) is 2.72. The molecule has 6 heteroatoms. The van der Waals surface area contributed by atoms with E-state index in [1.54, 1.807) is 0 Å². The maximum atomic E-state index is 12.7. The van der Waals surface area contributed by atoms with Gasteiger partial charge < -0.3 is 9.88 Å². The molecular formula is C22H31N5O. The van der Waals surface area contributed by atoms with Crippen LogP contribution in [0.5, 0.6) is 0 Å². The Bertz CT molecular complexity index is 781. The van der Waals surface area contributed by atoms with Gasteiger partial charge in [-0.1, -0.05) is 49.6 Å². The average molecular weight is 382 g/mol. The lowest BCUT2D eigenvalue weighted by Gasteiger charge is -2.33. The lowest BCUT2D eigenvalue weighted by molar-refractivity contribution is -0.127. The van der Waals surface area contributed by atoms with Crippen LogP contribution in [0.4, 0.5) is 0 Å². The highest BCUT2D eigenvalue weighted by Crippen LogP contribution is 2.19. The number of hydrogen-bond donors (Lipinski definition) is 1. The van der Waals surface area contributed by atoms with Gasteiger partial charge in [-0.15, -0.1) is 10.2 Å². The summed E-state index contributed by atoms with van der Waals surface area (Å²) in [5, 5.41) is 12.1.